The lowest BCUT2D eigenvalue weighted by atomic mass is 9.97. The molecule has 5 aromatic rings. The fourth-order valence-electron chi connectivity index (χ4n) is 7.81. The van der Waals surface area contributed by atoms with E-state index in [0.717, 1.165) is 28.0 Å². The standard InChI is InChI=1S/C52H57N5O10S/c1-32(2)27-34-10-17-37(18-11-34)38-19-12-35(13-20-38)28-43-49(62)54-41(23-16-33-7-4-3-5-8-33)48(61)56-44(50(63)55-42(52(65)66)24-25-47(59)60)29-36-14-21-39(22-15-36)67-31-46(58)53-45(51(64)57-43)30-40-9-6-26-68-40/h3-15,17-22,26,32,41-45H,16,23-25,27-31H2,1-2H3,(H,53,58)(H,54,62)(H,55,63)(H,56,61)(H,57,64)(H,59,60)(H,65,66). The van der Waals surface area contributed by atoms with Crippen molar-refractivity contribution in [3.63, 3.8) is 0 Å². The van der Waals surface area contributed by atoms with Crippen LogP contribution in [0.1, 0.15) is 60.2 Å². The zero-order chi connectivity index (χ0) is 48.6. The van der Waals surface area contributed by atoms with Crippen LogP contribution in [0.25, 0.3) is 11.1 Å². The molecule has 5 amide bonds. The van der Waals surface area contributed by atoms with Crippen LogP contribution in [0.5, 0.6) is 5.75 Å². The fourth-order valence-corrected chi connectivity index (χ4v) is 8.56. The third-order valence-corrected chi connectivity index (χ3v) is 12.3. The molecule has 68 heavy (non-hydrogen) atoms. The van der Waals surface area contributed by atoms with Crippen LogP contribution in [-0.2, 0) is 65.7 Å². The number of benzene rings is 4. The summed E-state index contributed by atoms with van der Waals surface area (Å²) in [7, 11) is 0. The molecular formula is C52H57N5O10S. The van der Waals surface area contributed by atoms with E-state index in [1.54, 1.807) is 24.3 Å². The topological polar surface area (TPSA) is 229 Å². The van der Waals surface area contributed by atoms with Crippen molar-refractivity contribution < 1.29 is 48.5 Å². The van der Waals surface area contributed by atoms with Gasteiger partial charge in [0, 0.05) is 30.6 Å². The highest BCUT2D eigenvalue weighted by Crippen LogP contribution is 2.23. The van der Waals surface area contributed by atoms with Gasteiger partial charge in [-0.2, -0.15) is 0 Å². The number of thiophene rings is 1. The van der Waals surface area contributed by atoms with Gasteiger partial charge in [-0.25, -0.2) is 4.79 Å². The largest absolute Gasteiger partial charge is 0.484 e. The van der Waals surface area contributed by atoms with Crippen LogP contribution in [0.15, 0.2) is 121 Å². The van der Waals surface area contributed by atoms with Gasteiger partial charge in [0.05, 0.1) is 0 Å². The number of rotatable bonds is 16. The number of aliphatic carboxylic acids is 2. The first-order valence-electron chi connectivity index (χ1n) is 22.6. The summed E-state index contributed by atoms with van der Waals surface area (Å²) in [5.74, 6) is -5.53. The van der Waals surface area contributed by atoms with Crippen molar-refractivity contribution >= 4 is 52.8 Å². The Morgan fingerprint density at radius 1 is 0.691 bits per heavy atom. The average Bonchev–Trinajstić information content (AvgIpc) is 3.84. The van der Waals surface area contributed by atoms with E-state index in [2.05, 4.69) is 64.7 Å². The first-order chi connectivity index (χ1) is 32.7. The smallest absolute Gasteiger partial charge is 0.326 e. The van der Waals surface area contributed by atoms with E-state index in [-0.39, 0.29) is 31.4 Å². The summed E-state index contributed by atoms with van der Waals surface area (Å²) in [5, 5.41) is 34.5. The minimum atomic E-state index is -1.58. The van der Waals surface area contributed by atoms with Crippen molar-refractivity contribution in [2.45, 2.75) is 95.4 Å². The predicted molar refractivity (Wildman–Crippen MR) is 257 cm³/mol. The molecule has 2 aliphatic rings. The number of nitrogens with one attached hydrogen (secondary N) is 5. The predicted octanol–water partition coefficient (Wildman–Crippen LogP) is 5.04. The van der Waals surface area contributed by atoms with E-state index in [9.17, 15) is 43.8 Å². The zero-order valence-corrected chi connectivity index (χ0v) is 38.8. The fraction of sp³-hybridized carbons (Fsp3) is 0.327. The highest BCUT2D eigenvalue weighted by Gasteiger charge is 2.33. The third kappa shape index (κ3) is 15.4. The number of ether oxygens (including phenoxy) is 1. The van der Waals surface area contributed by atoms with Gasteiger partial charge in [0.15, 0.2) is 6.61 Å². The molecule has 356 valence electrons. The summed E-state index contributed by atoms with van der Waals surface area (Å²) < 4.78 is 5.76. The van der Waals surface area contributed by atoms with Crippen molar-refractivity contribution in [1.82, 2.24) is 26.6 Å². The lowest BCUT2D eigenvalue weighted by molar-refractivity contribution is -0.143. The monoisotopic (exact) mass is 943 g/mol. The van der Waals surface area contributed by atoms with Crippen molar-refractivity contribution in [1.29, 1.82) is 0 Å². The molecule has 0 spiro atoms. The molecule has 7 rings (SSSR count). The van der Waals surface area contributed by atoms with E-state index < -0.39 is 91.1 Å². The molecule has 0 aliphatic carbocycles. The van der Waals surface area contributed by atoms with Crippen molar-refractivity contribution in [2.24, 2.45) is 5.92 Å². The second-order valence-corrected chi connectivity index (χ2v) is 18.3. The quantitative estimate of drug-likeness (QED) is 0.0652. The van der Waals surface area contributed by atoms with Crippen LogP contribution in [-0.4, -0.2) is 88.5 Å². The molecule has 2 bridgehead atoms. The number of hydrogen-bond donors (Lipinski definition) is 7. The zero-order valence-electron chi connectivity index (χ0n) is 37.9. The van der Waals surface area contributed by atoms with Gasteiger partial charge in [-0.3, -0.25) is 28.8 Å². The summed E-state index contributed by atoms with van der Waals surface area (Å²) >= 11 is 1.40. The summed E-state index contributed by atoms with van der Waals surface area (Å²) in [6.45, 7) is 3.88. The Morgan fingerprint density at radius 3 is 1.91 bits per heavy atom. The van der Waals surface area contributed by atoms with Crippen molar-refractivity contribution in [2.75, 3.05) is 6.61 Å². The van der Waals surface area contributed by atoms with Gasteiger partial charge < -0.3 is 41.5 Å². The molecule has 4 aromatic carbocycles. The Hall–Kier alpha value is -7.33. The molecule has 0 saturated heterocycles. The van der Waals surface area contributed by atoms with Crippen LogP contribution < -0.4 is 31.3 Å². The maximum absolute atomic E-state index is 14.7. The van der Waals surface area contributed by atoms with Crippen molar-refractivity contribution in [3.8, 4) is 16.9 Å². The number of fused-ring (bicyclic) bond motifs is 16. The molecule has 1 aromatic heterocycles. The maximum atomic E-state index is 14.7. The summed E-state index contributed by atoms with van der Waals surface area (Å²) in [6.07, 6.45) is 0.347. The number of carboxylic acid groups (broad SMARTS) is 2. The van der Waals surface area contributed by atoms with E-state index in [1.165, 1.54) is 16.9 Å². The Balaban J connectivity index is 1.34. The van der Waals surface area contributed by atoms with Gasteiger partial charge >= 0.3 is 11.9 Å². The third-order valence-electron chi connectivity index (χ3n) is 11.4. The minimum absolute atomic E-state index is 0.00703. The first kappa shape index (κ1) is 50.1. The van der Waals surface area contributed by atoms with Crippen LogP contribution in [0.2, 0.25) is 0 Å². The molecule has 7 N–H and O–H groups in total. The number of hydrogen-bond acceptors (Lipinski definition) is 9. The van der Waals surface area contributed by atoms with E-state index in [0.29, 0.717) is 23.5 Å². The molecule has 2 aliphatic heterocycles. The molecular weight excluding hydrogens is 887 g/mol. The summed E-state index contributed by atoms with van der Waals surface area (Å²) in [5.41, 5.74) is 5.26. The van der Waals surface area contributed by atoms with Crippen molar-refractivity contribution in [3.05, 3.63) is 148 Å². The van der Waals surface area contributed by atoms with Gasteiger partial charge in [0.1, 0.15) is 36.0 Å². The Morgan fingerprint density at radius 2 is 1.31 bits per heavy atom. The van der Waals surface area contributed by atoms with Crippen LogP contribution in [0, 0.1) is 5.92 Å². The van der Waals surface area contributed by atoms with E-state index in [1.807, 2.05) is 72.1 Å². The van der Waals surface area contributed by atoms with Crippen LogP contribution >= 0.6 is 11.3 Å². The second kappa shape index (κ2) is 24.4. The summed E-state index contributed by atoms with van der Waals surface area (Å²) in [6, 6.07) is 28.5. The highest BCUT2D eigenvalue weighted by atomic mass is 32.1. The number of carboxylic acids is 2. The minimum Gasteiger partial charge on any atom is -0.484 e. The molecule has 0 saturated carbocycles. The number of aryl methyl sites for hydroxylation is 1. The lowest BCUT2D eigenvalue weighted by Gasteiger charge is -2.27. The van der Waals surface area contributed by atoms with Gasteiger partial charge in [0.25, 0.3) is 5.91 Å². The maximum Gasteiger partial charge on any atom is 0.326 e. The average molecular weight is 944 g/mol. The molecule has 3 heterocycles. The lowest BCUT2D eigenvalue weighted by Crippen LogP contribution is -2.59. The number of amides is 5. The number of carbonyl (C=O) groups is 7. The number of carbonyl (C=O) groups excluding carboxylic acids is 5. The molecule has 15 nitrogen and oxygen atoms in total. The van der Waals surface area contributed by atoms with Gasteiger partial charge in [-0.15, -0.1) is 11.3 Å². The van der Waals surface area contributed by atoms with Gasteiger partial charge in [-0.1, -0.05) is 111 Å². The van der Waals surface area contributed by atoms with Gasteiger partial charge in [0.2, 0.25) is 23.6 Å². The van der Waals surface area contributed by atoms with Gasteiger partial charge in [-0.05, 0) is 88.6 Å². The Labute approximate surface area is 399 Å². The molecule has 5 unspecified atom stereocenters. The first-order valence-corrected chi connectivity index (χ1v) is 23.5. The second-order valence-electron chi connectivity index (χ2n) is 17.3. The highest BCUT2D eigenvalue weighted by molar-refractivity contribution is 7.09. The normalized spacial score (nSPS) is 18.6. The van der Waals surface area contributed by atoms with E-state index >= 15 is 0 Å². The SMILES string of the molecule is CC(C)Cc1ccc(-c2ccc(CC3NC(=O)C(Cc4cccs4)NC(=O)COc4ccc(cc4)CC(C(=O)NC(CCC(=O)O)C(=O)O)NC(=O)C(CCc4ccccc4)NC3=O)cc2)cc1. The molecule has 16 heteroatoms. The molecule has 0 radical (unpaired) electrons. The molecule has 0 fully saturated rings. The van der Waals surface area contributed by atoms with Crippen LogP contribution in [0.3, 0.4) is 0 Å². The van der Waals surface area contributed by atoms with Crippen LogP contribution in [0.4, 0.5) is 0 Å². The summed E-state index contributed by atoms with van der Waals surface area (Å²) in [4.78, 5) is 95.1. The van der Waals surface area contributed by atoms with E-state index in [4.69, 9.17) is 4.74 Å². The molecule has 5 atom stereocenters. The Bertz CT molecular complexity index is 2500. The Kier molecular flexibility index (Phi) is 18.0.